The number of oxazole rings is 1. The van der Waals surface area contributed by atoms with Crippen LogP contribution in [0.4, 0.5) is 10.5 Å². The van der Waals surface area contributed by atoms with Crippen molar-refractivity contribution in [3.05, 3.63) is 141 Å². The number of ketones is 1. The van der Waals surface area contributed by atoms with E-state index in [1.807, 2.05) is 74.5 Å². The third kappa shape index (κ3) is 6.13. The fourth-order valence-electron chi connectivity index (χ4n) is 8.11. The summed E-state index contributed by atoms with van der Waals surface area (Å²) in [5, 5.41) is 22.8. The normalized spacial score (nSPS) is 20.1. The summed E-state index contributed by atoms with van der Waals surface area (Å²) in [5.41, 5.74) is 2.94. The summed E-state index contributed by atoms with van der Waals surface area (Å²) < 4.78 is 19.6. The largest absolute Gasteiger partial charge is 0.506 e. The summed E-state index contributed by atoms with van der Waals surface area (Å²) >= 11 is 3.68. The number of ether oxygens (including phenoxy) is 2. The Bertz CT molecular complexity index is 2640. The number of hydrogen-bond acceptors (Lipinski definition) is 10. The minimum absolute atomic E-state index is 0.00525. The number of alkyl carbamates (subject to hydrolysis) is 1. The molecule has 6 N–H and O–H groups in total. The molecule has 5 heterocycles. The van der Waals surface area contributed by atoms with Crippen LogP contribution in [-0.4, -0.2) is 57.6 Å². The molecular weight excluding hydrogens is 808 g/mol. The Morgan fingerprint density at radius 3 is 2.64 bits per heavy atom. The molecular formula is C43H37BrN6O8. The molecule has 2 aromatic heterocycles. The van der Waals surface area contributed by atoms with Crippen LogP contribution in [0.2, 0.25) is 0 Å². The van der Waals surface area contributed by atoms with Crippen LogP contribution >= 0.6 is 15.9 Å². The van der Waals surface area contributed by atoms with E-state index in [1.54, 1.807) is 18.2 Å². The van der Waals surface area contributed by atoms with Gasteiger partial charge in [-0.3, -0.25) is 14.4 Å². The molecule has 6 aromatic rings. The predicted octanol–water partition coefficient (Wildman–Crippen LogP) is 6.38. The Hall–Kier alpha value is -6.61. The molecule has 0 saturated heterocycles. The number of phenolic OH excluding ortho intramolecular Hbond substituents is 1. The third-order valence-electron chi connectivity index (χ3n) is 10.9. The van der Waals surface area contributed by atoms with Gasteiger partial charge in [-0.15, -0.1) is 0 Å². The summed E-state index contributed by atoms with van der Waals surface area (Å²) in [6, 6.07) is 23.4. The van der Waals surface area contributed by atoms with Gasteiger partial charge >= 0.3 is 6.09 Å². The van der Waals surface area contributed by atoms with E-state index in [2.05, 4.69) is 42.2 Å². The van der Waals surface area contributed by atoms with Crippen LogP contribution in [-0.2, 0) is 28.0 Å². The van der Waals surface area contributed by atoms with Gasteiger partial charge in [0.15, 0.2) is 23.5 Å². The van der Waals surface area contributed by atoms with Crippen LogP contribution in [0.5, 0.6) is 11.5 Å². The van der Waals surface area contributed by atoms with Gasteiger partial charge < -0.3 is 45.2 Å². The molecule has 0 radical (unpaired) electrons. The maximum atomic E-state index is 14.5. The first-order valence-electron chi connectivity index (χ1n) is 18.8. The zero-order valence-corrected chi connectivity index (χ0v) is 32.8. The number of H-pyrrole nitrogens is 1. The quantitative estimate of drug-likeness (QED) is 0.0936. The highest BCUT2D eigenvalue weighted by atomic mass is 79.9. The highest BCUT2D eigenvalue weighted by molar-refractivity contribution is 9.10. The van der Waals surface area contributed by atoms with Crippen molar-refractivity contribution in [3.8, 4) is 11.5 Å². The Morgan fingerprint density at radius 1 is 1.02 bits per heavy atom. The number of phenols is 1. The van der Waals surface area contributed by atoms with E-state index < -0.39 is 54.0 Å². The standard InChI is InChI=1S/C43H37BrN6O8/c1-21(2)33-40-49-36(39(54)46-19-31(52)25-18-45-34-24(25)10-6-13-30(34)51)37(58-40)43-26-11-7-12-28(44)35(26)50-41(43)57-32-15-14-23(16-27(32)43)17-29(38(53)48-33)47-42(55)56-20-22-8-4-3-5-9-22/h3-16,18,21,29,33,41,45,50-51H,17,19-20H2,1-2H3,(H,46,54)(H,47,55)(H,48,53)/t29-,33-,41?,43?/m0/s1. The summed E-state index contributed by atoms with van der Waals surface area (Å²) in [5.74, 6) is -1.18. The first-order chi connectivity index (χ1) is 28.0. The Morgan fingerprint density at radius 2 is 1.83 bits per heavy atom. The average molecular weight is 846 g/mol. The summed E-state index contributed by atoms with van der Waals surface area (Å²) in [6.45, 7) is 3.37. The van der Waals surface area contributed by atoms with E-state index in [0.29, 0.717) is 33.3 Å². The number of aromatic hydroxyl groups is 1. The second-order valence-electron chi connectivity index (χ2n) is 14.9. The molecule has 58 heavy (non-hydrogen) atoms. The number of fused-ring (bicyclic) bond motifs is 5. The van der Waals surface area contributed by atoms with E-state index in [0.717, 1.165) is 21.3 Å². The number of aromatic nitrogens is 2. The number of para-hydroxylation sites is 2. The maximum absolute atomic E-state index is 14.5. The first-order valence-corrected chi connectivity index (χ1v) is 19.6. The first kappa shape index (κ1) is 37.0. The molecule has 0 saturated carbocycles. The van der Waals surface area contributed by atoms with Crippen LogP contribution in [0.3, 0.4) is 0 Å². The predicted molar refractivity (Wildman–Crippen MR) is 215 cm³/mol. The highest BCUT2D eigenvalue weighted by Gasteiger charge is 2.61. The lowest BCUT2D eigenvalue weighted by Crippen LogP contribution is -2.49. The molecule has 3 aliphatic rings. The fraction of sp³-hybridized carbons (Fsp3) is 0.233. The number of amides is 3. The number of carbonyl (C=O) groups excluding carboxylic acids is 4. The molecule has 1 spiro atoms. The number of hydrogen-bond donors (Lipinski definition) is 6. The van der Waals surface area contributed by atoms with Crippen LogP contribution in [0.15, 0.2) is 100 Å². The van der Waals surface area contributed by atoms with Crippen molar-refractivity contribution < 1.29 is 38.2 Å². The topological polar surface area (TPSA) is 197 Å². The van der Waals surface area contributed by atoms with Crippen molar-refractivity contribution in [1.29, 1.82) is 0 Å². The van der Waals surface area contributed by atoms with Gasteiger partial charge in [0.25, 0.3) is 5.91 Å². The monoisotopic (exact) mass is 844 g/mol. The molecule has 4 bridgehead atoms. The van der Waals surface area contributed by atoms with Crippen molar-refractivity contribution in [2.75, 3.05) is 11.9 Å². The zero-order chi connectivity index (χ0) is 40.3. The van der Waals surface area contributed by atoms with Gasteiger partial charge in [-0.25, -0.2) is 9.78 Å². The molecule has 3 aliphatic heterocycles. The van der Waals surface area contributed by atoms with Crippen molar-refractivity contribution in [2.24, 2.45) is 5.92 Å². The smallest absolute Gasteiger partial charge is 0.408 e. The van der Waals surface area contributed by atoms with Gasteiger partial charge in [-0.1, -0.05) is 80.6 Å². The van der Waals surface area contributed by atoms with Crippen LogP contribution < -0.4 is 26.0 Å². The number of Topliss-reactive ketones (excluding diaryl/α,β-unsaturated/α-hetero) is 1. The molecule has 4 atom stereocenters. The SMILES string of the molecule is CC(C)[C@@H]1NC(=O)[C@@H](NC(=O)OCc2ccccc2)Cc2ccc3c(c2)C2(c4cccc(Br)c4NC2O3)c2oc1nc2C(=O)NCC(=O)c1c[nH]c2c(O)cccc12. The molecule has 0 fully saturated rings. The van der Waals surface area contributed by atoms with Gasteiger partial charge in [0.2, 0.25) is 11.8 Å². The number of nitrogens with zero attached hydrogens (tertiary/aromatic N) is 1. The molecule has 9 rings (SSSR count). The van der Waals surface area contributed by atoms with Crippen molar-refractivity contribution >= 4 is 56.2 Å². The number of halogens is 1. The lowest BCUT2D eigenvalue weighted by molar-refractivity contribution is -0.124. The lowest BCUT2D eigenvalue weighted by atomic mass is 9.72. The fourth-order valence-corrected chi connectivity index (χ4v) is 8.59. The molecule has 3 amide bonds. The second kappa shape index (κ2) is 14.4. The molecule has 4 aromatic carbocycles. The van der Waals surface area contributed by atoms with E-state index in [9.17, 15) is 24.3 Å². The third-order valence-corrected chi connectivity index (χ3v) is 11.6. The highest BCUT2D eigenvalue weighted by Crippen LogP contribution is 2.59. The minimum atomic E-state index is -1.27. The van der Waals surface area contributed by atoms with E-state index in [4.69, 9.17) is 18.9 Å². The second-order valence-corrected chi connectivity index (χ2v) is 15.7. The molecule has 14 nitrogen and oxygen atoms in total. The number of aromatic amines is 1. The van der Waals surface area contributed by atoms with E-state index in [-0.39, 0.29) is 42.0 Å². The zero-order valence-electron chi connectivity index (χ0n) is 31.2. The molecule has 294 valence electrons. The van der Waals surface area contributed by atoms with E-state index in [1.165, 1.54) is 12.3 Å². The van der Waals surface area contributed by atoms with Crippen LogP contribution in [0.25, 0.3) is 10.9 Å². The van der Waals surface area contributed by atoms with Crippen LogP contribution in [0, 0.1) is 5.92 Å². The Labute approximate surface area is 339 Å². The van der Waals surface area contributed by atoms with Gasteiger partial charge in [0, 0.05) is 39.2 Å². The number of anilines is 1. The maximum Gasteiger partial charge on any atom is 0.408 e. The summed E-state index contributed by atoms with van der Waals surface area (Å²) in [7, 11) is 0. The summed E-state index contributed by atoms with van der Waals surface area (Å²) in [6.07, 6.45) is 0.0233. The Balaban J connectivity index is 1.13. The van der Waals surface area contributed by atoms with E-state index >= 15 is 0 Å². The van der Waals surface area contributed by atoms with Gasteiger partial charge in [0.05, 0.1) is 17.7 Å². The average Bonchev–Trinajstić information content (AvgIpc) is 3.99. The lowest BCUT2D eigenvalue weighted by Gasteiger charge is -2.28. The molecule has 15 heteroatoms. The summed E-state index contributed by atoms with van der Waals surface area (Å²) in [4.78, 5) is 63.2. The van der Waals surface area contributed by atoms with Crippen LogP contribution in [0.1, 0.15) is 74.6 Å². The number of rotatable bonds is 8. The van der Waals surface area contributed by atoms with Gasteiger partial charge in [0.1, 0.15) is 35.6 Å². The van der Waals surface area contributed by atoms with Gasteiger partial charge in [-0.2, -0.15) is 0 Å². The number of carbonyl (C=O) groups is 4. The van der Waals surface area contributed by atoms with Crippen molar-refractivity contribution in [3.63, 3.8) is 0 Å². The minimum Gasteiger partial charge on any atom is -0.506 e. The number of benzene rings is 4. The van der Waals surface area contributed by atoms with Gasteiger partial charge in [-0.05, 0) is 51.2 Å². The molecule has 0 aliphatic carbocycles. The number of nitrogens with one attached hydrogen (secondary N) is 5. The van der Waals surface area contributed by atoms with Crippen molar-refractivity contribution in [1.82, 2.24) is 25.9 Å². The Kier molecular flexibility index (Phi) is 9.19. The van der Waals surface area contributed by atoms with Crippen molar-refractivity contribution in [2.45, 2.75) is 50.6 Å². The molecule has 2 unspecified atom stereocenters.